The predicted octanol–water partition coefficient (Wildman–Crippen LogP) is 5.14. The Balaban J connectivity index is 1.87. The molecule has 0 unspecified atom stereocenters. The van der Waals surface area contributed by atoms with Crippen LogP contribution in [0.1, 0.15) is 41.9 Å². The first kappa shape index (κ1) is 23.9. The molecular weight excluding hydrogens is 424 g/mol. The Hall–Kier alpha value is -3.73. The summed E-state index contributed by atoms with van der Waals surface area (Å²) in [7, 11) is 0. The Morgan fingerprint density at radius 1 is 1.24 bits per heavy atom. The van der Waals surface area contributed by atoms with E-state index >= 15 is 0 Å². The van der Waals surface area contributed by atoms with Crippen LogP contribution >= 0.6 is 0 Å². The second kappa shape index (κ2) is 9.82. The largest absolute Gasteiger partial charge is 0.348 e. The Morgan fingerprint density at radius 3 is 2.64 bits per heavy atom. The van der Waals surface area contributed by atoms with Gasteiger partial charge in [0.15, 0.2) is 0 Å². The molecule has 33 heavy (non-hydrogen) atoms. The summed E-state index contributed by atoms with van der Waals surface area (Å²) in [4.78, 5) is 12.9. The van der Waals surface area contributed by atoms with Crippen LogP contribution in [-0.4, -0.2) is 20.3 Å². The zero-order valence-electron chi connectivity index (χ0n) is 19.4. The van der Waals surface area contributed by atoms with Crippen LogP contribution in [0.5, 0.6) is 0 Å². The number of hydrogen-bond acceptors (Lipinski definition) is 3. The van der Waals surface area contributed by atoms with Gasteiger partial charge in [-0.25, -0.2) is 13.5 Å². The van der Waals surface area contributed by atoms with Crippen molar-refractivity contribution in [1.82, 2.24) is 14.3 Å². The topological polar surface area (TPSA) is 75.6 Å². The lowest BCUT2D eigenvalue weighted by Crippen LogP contribution is -2.18. The van der Waals surface area contributed by atoms with Crippen LogP contribution < -0.4 is 5.32 Å². The second-order valence-corrected chi connectivity index (χ2v) is 8.52. The molecule has 172 valence electrons. The molecule has 0 saturated heterocycles. The van der Waals surface area contributed by atoms with Gasteiger partial charge in [-0.2, -0.15) is 10.4 Å². The summed E-state index contributed by atoms with van der Waals surface area (Å²) < 4.78 is 31.2. The highest BCUT2D eigenvalue weighted by atomic mass is 19.1. The fourth-order valence-electron chi connectivity index (χ4n) is 3.69. The van der Waals surface area contributed by atoms with Gasteiger partial charge in [-0.3, -0.25) is 4.79 Å². The van der Waals surface area contributed by atoms with E-state index in [9.17, 15) is 18.8 Å². The predicted molar refractivity (Wildman–Crippen MR) is 123 cm³/mol. The third-order valence-electron chi connectivity index (χ3n) is 5.41. The Kier molecular flexibility index (Phi) is 7.12. The maximum Gasteiger partial charge on any atom is 0.267 e. The van der Waals surface area contributed by atoms with E-state index in [-0.39, 0.29) is 17.7 Å². The molecule has 0 aliphatic carbocycles. The van der Waals surface area contributed by atoms with Crippen molar-refractivity contribution in [1.29, 1.82) is 5.26 Å². The number of aryl methyl sites for hydroxylation is 2. The molecule has 1 N–H and O–H groups in total. The SMILES string of the molecule is Cc1cnn(Cc2cc(F)ccc2F)c1NC(=O)/C(C#N)=C/c1cc(C)n(CC(C)C)c1C. The fourth-order valence-corrected chi connectivity index (χ4v) is 3.69. The fraction of sp³-hybridized carbons (Fsp3) is 0.320. The molecule has 0 atom stereocenters. The molecule has 0 radical (unpaired) electrons. The summed E-state index contributed by atoms with van der Waals surface area (Å²) in [6.07, 6.45) is 3.08. The van der Waals surface area contributed by atoms with E-state index in [2.05, 4.69) is 28.8 Å². The van der Waals surface area contributed by atoms with Crippen molar-refractivity contribution < 1.29 is 13.6 Å². The monoisotopic (exact) mass is 451 g/mol. The average Bonchev–Trinajstić information content (AvgIpc) is 3.22. The van der Waals surface area contributed by atoms with Gasteiger partial charge in [-0.15, -0.1) is 0 Å². The molecule has 0 bridgehead atoms. The molecule has 2 heterocycles. The second-order valence-electron chi connectivity index (χ2n) is 8.52. The molecule has 0 aliphatic heterocycles. The summed E-state index contributed by atoms with van der Waals surface area (Å²) in [5.74, 6) is -0.968. The van der Waals surface area contributed by atoms with E-state index in [0.717, 1.165) is 41.7 Å². The average molecular weight is 452 g/mol. The van der Waals surface area contributed by atoms with Crippen molar-refractivity contribution >= 4 is 17.8 Å². The third-order valence-corrected chi connectivity index (χ3v) is 5.41. The number of nitrogens with one attached hydrogen (secondary N) is 1. The molecule has 0 saturated carbocycles. The molecule has 3 rings (SSSR count). The van der Waals surface area contributed by atoms with Gasteiger partial charge in [-0.05, 0) is 62.6 Å². The summed E-state index contributed by atoms with van der Waals surface area (Å²) in [5.41, 5.74) is 3.49. The van der Waals surface area contributed by atoms with Crippen LogP contribution in [0.25, 0.3) is 6.08 Å². The zero-order chi connectivity index (χ0) is 24.3. The third kappa shape index (κ3) is 5.37. The molecule has 0 aliphatic rings. The molecule has 0 fully saturated rings. The van der Waals surface area contributed by atoms with Crippen molar-refractivity contribution in [2.24, 2.45) is 5.92 Å². The number of carbonyl (C=O) groups excluding carboxylic acids is 1. The quantitative estimate of drug-likeness (QED) is 0.399. The van der Waals surface area contributed by atoms with Gasteiger partial charge in [0.1, 0.15) is 29.1 Å². The Bertz CT molecular complexity index is 1260. The number of nitrogens with zero attached hydrogens (tertiary/aromatic N) is 4. The summed E-state index contributed by atoms with van der Waals surface area (Å²) >= 11 is 0. The minimum absolute atomic E-state index is 0.0658. The van der Waals surface area contributed by atoms with Crippen molar-refractivity contribution in [3.63, 3.8) is 0 Å². The van der Waals surface area contributed by atoms with E-state index in [0.29, 0.717) is 17.3 Å². The Labute approximate surface area is 192 Å². The molecule has 1 amide bonds. The highest BCUT2D eigenvalue weighted by Gasteiger charge is 2.18. The molecule has 0 spiro atoms. The molecule has 2 aromatic heterocycles. The number of benzene rings is 1. The van der Waals surface area contributed by atoms with Crippen molar-refractivity contribution in [2.75, 3.05) is 5.32 Å². The van der Waals surface area contributed by atoms with Gasteiger partial charge in [0.2, 0.25) is 0 Å². The van der Waals surface area contributed by atoms with Gasteiger partial charge in [-0.1, -0.05) is 13.8 Å². The highest BCUT2D eigenvalue weighted by molar-refractivity contribution is 6.09. The number of rotatable bonds is 7. The van der Waals surface area contributed by atoms with Crippen LogP contribution in [-0.2, 0) is 17.9 Å². The standard InChI is InChI=1S/C25H27F2N5O/c1-15(2)13-31-17(4)8-19(18(31)5)9-20(11-28)25(33)30-24-16(3)12-29-32(24)14-21-10-22(26)6-7-23(21)27/h6-10,12,15H,13-14H2,1-5H3,(H,30,33)/b20-9+. The summed E-state index contributed by atoms with van der Waals surface area (Å²) in [5, 5.41) is 16.5. The lowest BCUT2D eigenvalue weighted by Gasteiger charge is -2.12. The number of nitriles is 1. The lowest BCUT2D eigenvalue weighted by molar-refractivity contribution is -0.112. The number of anilines is 1. The van der Waals surface area contributed by atoms with Crippen LogP contribution in [0.4, 0.5) is 14.6 Å². The summed E-state index contributed by atoms with van der Waals surface area (Å²) in [6.45, 7) is 10.7. The van der Waals surface area contributed by atoms with Crippen molar-refractivity contribution in [3.8, 4) is 6.07 Å². The minimum Gasteiger partial charge on any atom is -0.348 e. The molecule has 3 aromatic rings. The highest BCUT2D eigenvalue weighted by Crippen LogP contribution is 2.22. The van der Waals surface area contributed by atoms with Gasteiger partial charge in [0.25, 0.3) is 5.91 Å². The number of carbonyl (C=O) groups is 1. The van der Waals surface area contributed by atoms with Gasteiger partial charge in [0, 0.05) is 29.1 Å². The number of aromatic nitrogens is 3. The molecule has 1 aromatic carbocycles. The van der Waals surface area contributed by atoms with Crippen LogP contribution in [0.3, 0.4) is 0 Å². The maximum atomic E-state index is 14.1. The Morgan fingerprint density at radius 2 is 1.97 bits per heavy atom. The first-order valence-corrected chi connectivity index (χ1v) is 10.7. The van der Waals surface area contributed by atoms with Crippen LogP contribution in [0, 0.1) is 49.7 Å². The van der Waals surface area contributed by atoms with E-state index < -0.39 is 17.5 Å². The first-order valence-electron chi connectivity index (χ1n) is 10.7. The maximum absolute atomic E-state index is 14.1. The molecule has 8 heteroatoms. The summed E-state index contributed by atoms with van der Waals surface area (Å²) in [6, 6.07) is 7.09. The van der Waals surface area contributed by atoms with E-state index in [4.69, 9.17) is 0 Å². The van der Waals surface area contributed by atoms with Crippen molar-refractivity contribution in [3.05, 3.63) is 75.7 Å². The van der Waals surface area contributed by atoms with Crippen LogP contribution in [0.2, 0.25) is 0 Å². The van der Waals surface area contributed by atoms with Gasteiger partial charge >= 0.3 is 0 Å². The molecule has 6 nitrogen and oxygen atoms in total. The lowest BCUT2D eigenvalue weighted by atomic mass is 10.1. The number of amides is 1. The van der Waals surface area contributed by atoms with E-state index in [1.54, 1.807) is 13.0 Å². The number of hydrogen-bond donors (Lipinski definition) is 1. The van der Waals surface area contributed by atoms with Crippen molar-refractivity contribution in [2.45, 2.75) is 47.7 Å². The van der Waals surface area contributed by atoms with Gasteiger partial charge < -0.3 is 9.88 Å². The van der Waals surface area contributed by atoms with Gasteiger partial charge in [0.05, 0.1) is 12.7 Å². The minimum atomic E-state index is -0.601. The smallest absolute Gasteiger partial charge is 0.267 e. The molecular formula is C25H27F2N5O. The normalized spacial score (nSPS) is 11.7. The van der Waals surface area contributed by atoms with E-state index in [1.807, 2.05) is 26.0 Å². The van der Waals surface area contributed by atoms with E-state index in [1.165, 1.54) is 10.9 Å². The first-order chi connectivity index (χ1) is 15.6. The van der Waals surface area contributed by atoms with Crippen LogP contribution in [0.15, 0.2) is 36.0 Å². The zero-order valence-corrected chi connectivity index (χ0v) is 19.4. The number of halogens is 2.